The third kappa shape index (κ3) is 3.19. The first kappa shape index (κ1) is 18.3. The van der Waals surface area contributed by atoms with Crippen LogP contribution in [0.1, 0.15) is 16.2 Å². The molecule has 0 unspecified atom stereocenters. The molecule has 0 radical (unpaired) electrons. The molecule has 2 aromatic carbocycles. The van der Waals surface area contributed by atoms with Crippen molar-refractivity contribution in [1.82, 2.24) is 20.0 Å². The van der Waals surface area contributed by atoms with Crippen molar-refractivity contribution >= 4 is 57.2 Å². The number of amides is 2. The Bertz CT molecular complexity index is 1170. The fourth-order valence-corrected chi connectivity index (χ4v) is 3.93. The van der Waals surface area contributed by atoms with Gasteiger partial charge >= 0.3 is 0 Å². The van der Waals surface area contributed by atoms with Crippen LogP contribution in [0.15, 0.2) is 53.4 Å². The molecule has 1 N–H and O–H groups in total. The lowest BCUT2D eigenvalue weighted by Gasteiger charge is -2.15. The van der Waals surface area contributed by atoms with Gasteiger partial charge in [0.05, 0.1) is 21.5 Å². The minimum absolute atomic E-state index is 0.153. The number of carbonyl (C=O) groups is 2. The van der Waals surface area contributed by atoms with Crippen molar-refractivity contribution in [3.05, 3.63) is 70.6 Å². The van der Waals surface area contributed by atoms with E-state index >= 15 is 0 Å². The van der Waals surface area contributed by atoms with Crippen LogP contribution >= 0.6 is 24.0 Å². The van der Waals surface area contributed by atoms with Gasteiger partial charge in [-0.2, -0.15) is 5.01 Å². The Balaban J connectivity index is 1.60. The lowest BCUT2D eigenvalue weighted by atomic mass is 10.2. The summed E-state index contributed by atoms with van der Waals surface area (Å²) in [7, 11) is 1.85. The molecule has 0 saturated carbocycles. The number of thioether (sulfide) groups is 1. The van der Waals surface area contributed by atoms with E-state index in [1.165, 1.54) is 24.3 Å². The van der Waals surface area contributed by atoms with Crippen LogP contribution in [0, 0.1) is 5.82 Å². The highest BCUT2D eigenvalue weighted by molar-refractivity contribution is 8.26. The van der Waals surface area contributed by atoms with Crippen LogP contribution in [-0.4, -0.2) is 30.7 Å². The smallest absolute Gasteiger partial charge is 0.285 e. The van der Waals surface area contributed by atoms with Gasteiger partial charge in [0.25, 0.3) is 11.8 Å². The zero-order valence-electron chi connectivity index (χ0n) is 14.5. The molecule has 2 heterocycles. The lowest BCUT2D eigenvalue weighted by Crippen LogP contribution is -2.45. The van der Waals surface area contributed by atoms with Crippen LogP contribution in [0.5, 0.6) is 0 Å². The lowest BCUT2D eigenvalue weighted by molar-refractivity contribution is -0.123. The number of fused-ring (bicyclic) bond motifs is 1. The van der Waals surface area contributed by atoms with E-state index in [9.17, 15) is 14.0 Å². The number of hydrogen-bond donors (Lipinski definition) is 1. The molecule has 1 aromatic heterocycles. The van der Waals surface area contributed by atoms with Crippen molar-refractivity contribution < 1.29 is 14.0 Å². The first-order chi connectivity index (χ1) is 13.5. The highest BCUT2D eigenvalue weighted by Gasteiger charge is 2.34. The number of thiocarbonyl (C=S) groups is 1. The van der Waals surface area contributed by atoms with Gasteiger partial charge in [0, 0.05) is 13.1 Å². The van der Waals surface area contributed by atoms with Gasteiger partial charge in [-0.15, -0.1) is 0 Å². The molecule has 0 aliphatic carbocycles. The molecule has 1 saturated heterocycles. The molecule has 1 aliphatic heterocycles. The van der Waals surface area contributed by atoms with Crippen LogP contribution in [-0.2, 0) is 11.8 Å². The van der Waals surface area contributed by atoms with Gasteiger partial charge in [0.1, 0.15) is 11.6 Å². The topological polar surface area (TPSA) is 67.2 Å². The fourth-order valence-electron chi connectivity index (χ4n) is 2.78. The van der Waals surface area contributed by atoms with Crippen LogP contribution < -0.4 is 5.43 Å². The third-order valence-electron chi connectivity index (χ3n) is 4.21. The Kier molecular flexibility index (Phi) is 4.70. The first-order valence-corrected chi connectivity index (χ1v) is 9.43. The maximum atomic E-state index is 13.8. The van der Waals surface area contributed by atoms with Crippen LogP contribution in [0.25, 0.3) is 17.1 Å². The van der Waals surface area contributed by atoms with E-state index in [2.05, 4.69) is 10.4 Å². The van der Waals surface area contributed by atoms with Crippen LogP contribution in [0.4, 0.5) is 4.39 Å². The molecule has 9 heteroatoms. The number of aryl methyl sites for hydroxylation is 1. The Morgan fingerprint density at radius 3 is 2.68 bits per heavy atom. The number of rotatable bonds is 3. The van der Waals surface area contributed by atoms with E-state index in [0.717, 1.165) is 27.8 Å². The number of nitrogens with zero attached hydrogens (tertiary/aromatic N) is 3. The summed E-state index contributed by atoms with van der Waals surface area (Å²) in [4.78, 5) is 29.8. The molecule has 0 atom stereocenters. The zero-order valence-corrected chi connectivity index (χ0v) is 16.2. The number of halogens is 1. The summed E-state index contributed by atoms with van der Waals surface area (Å²) in [6.07, 6.45) is 1.62. The van der Waals surface area contributed by atoms with E-state index < -0.39 is 17.6 Å². The minimum atomic E-state index is -0.751. The number of carbonyl (C=O) groups excluding carboxylic acids is 2. The molecule has 3 aromatic rings. The van der Waals surface area contributed by atoms with Crippen LogP contribution in [0.3, 0.4) is 0 Å². The van der Waals surface area contributed by atoms with Crippen molar-refractivity contribution in [3.63, 3.8) is 0 Å². The normalized spacial score (nSPS) is 15.6. The van der Waals surface area contributed by atoms with E-state index in [1.54, 1.807) is 6.08 Å². The largest absolute Gasteiger partial charge is 0.328 e. The van der Waals surface area contributed by atoms with E-state index in [1.807, 2.05) is 35.9 Å². The number of aromatic nitrogens is 2. The van der Waals surface area contributed by atoms with Crippen molar-refractivity contribution in [2.75, 3.05) is 0 Å². The van der Waals surface area contributed by atoms with Gasteiger partial charge in [0.15, 0.2) is 4.32 Å². The molecular formula is C19H13FN4O2S2. The zero-order chi connectivity index (χ0) is 19.8. The predicted molar refractivity (Wildman–Crippen MR) is 110 cm³/mol. The Morgan fingerprint density at radius 1 is 1.21 bits per heavy atom. The fraction of sp³-hybridized carbons (Fsp3) is 0.0526. The van der Waals surface area contributed by atoms with Crippen molar-refractivity contribution in [1.29, 1.82) is 0 Å². The molecule has 2 amide bonds. The summed E-state index contributed by atoms with van der Waals surface area (Å²) in [5.41, 5.74) is 3.93. The summed E-state index contributed by atoms with van der Waals surface area (Å²) in [5.74, 6) is -1.34. The number of benzene rings is 2. The summed E-state index contributed by atoms with van der Waals surface area (Å²) >= 11 is 6.24. The van der Waals surface area contributed by atoms with E-state index in [4.69, 9.17) is 12.2 Å². The Morgan fingerprint density at radius 2 is 1.93 bits per heavy atom. The molecule has 140 valence electrons. The van der Waals surface area contributed by atoms with Gasteiger partial charge in [-0.1, -0.05) is 36.0 Å². The molecule has 1 aliphatic rings. The third-order valence-corrected chi connectivity index (χ3v) is 5.51. The second kappa shape index (κ2) is 7.17. The highest BCUT2D eigenvalue weighted by Crippen LogP contribution is 2.31. The summed E-state index contributed by atoms with van der Waals surface area (Å²) < 4.78 is 15.8. The first-order valence-electron chi connectivity index (χ1n) is 8.20. The highest BCUT2D eigenvalue weighted by atomic mass is 32.2. The molecule has 28 heavy (non-hydrogen) atoms. The Labute approximate surface area is 169 Å². The van der Waals surface area contributed by atoms with Crippen LogP contribution in [0.2, 0.25) is 0 Å². The maximum absolute atomic E-state index is 13.8. The standard InChI is InChI=1S/C19H13FN4O2S2/c1-23-14-9-5-4-8-13(14)21-16(23)10-15-18(26)24(19(27)28-15)22-17(25)11-6-2-3-7-12(11)20/h2-10H,1H3,(H,22,25)/b15-10+. The monoisotopic (exact) mass is 412 g/mol. The second-order valence-corrected chi connectivity index (χ2v) is 7.63. The number of nitrogens with one attached hydrogen (secondary N) is 1. The average molecular weight is 412 g/mol. The molecule has 0 spiro atoms. The number of hydrogen-bond acceptors (Lipinski definition) is 5. The minimum Gasteiger partial charge on any atom is -0.328 e. The van der Waals surface area contributed by atoms with E-state index in [-0.39, 0.29) is 9.88 Å². The predicted octanol–water partition coefficient (Wildman–Crippen LogP) is 3.26. The molecule has 6 nitrogen and oxygen atoms in total. The average Bonchev–Trinajstić information content (AvgIpc) is 3.14. The van der Waals surface area contributed by atoms with Gasteiger partial charge in [0.2, 0.25) is 0 Å². The van der Waals surface area contributed by atoms with Crippen molar-refractivity contribution in [2.24, 2.45) is 7.05 Å². The maximum Gasteiger partial charge on any atom is 0.285 e. The summed E-state index contributed by atoms with van der Waals surface area (Å²) in [5, 5.41) is 0.948. The van der Waals surface area contributed by atoms with Gasteiger partial charge in [-0.05, 0) is 36.5 Å². The SMILES string of the molecule is Cn1c(/C=C2/SC(=S)N(NC(=O)c3ccccc3F)C2=O)nc2ccccc21. The molecule has 0 bridgehead atoms. The summed E-state index contributed by atoms with van der Waals surface area (Å²) in [6, 6.07) is 13.1. The van der Waals surface area contributed by atoms with Gasteiger partial charge < -0.3 is 4.57 Å². The van der Waals surface area contributed by atoms with Crippen molar-refractivity contribution in [2.45, 2.75) is 0 Å². The molecule has 4 rings (SSSR count). The number of para-hydroxylation sites is 2. The molecular weight excluding hydrogens is 399 g/mol. The molecule has 1 fully saturated rings. The van der Waals surface area contributed by atoms with Gasteiger partial charge in [-0.3, -0.25) is 15.0 Å². The summed E-state index contributed by atoms with van der Waals surface area (Å²) in [6.45, 7) is 0. The van der Waals surface area contributed by atoms with E-state index in [0.29, 0.717) is 10.7 Å². The van der Waals surface area contributed by atoms with Gasteiger partial charge in [-0.25, -0.2) is 9.37 Å². The second-order valence-electron chi connectivity index (χ2n) is 5.96. The number of imidazole rings is 1. The number of hydrazine groups is 1. The Hall–Kier alpha value is -3.04. The van der Waals surface area contributed by atoms with Crippen molar-refractivity contribution in [3.8, 4) is 0 Å². The quantitative estimate of drug-likeness (QED) is 0.528.